The molecule has 0 radical (unpaired) electrons. The molecule has 0 heterocycles. The Morgan fingerprint density at radius 2 is 1.75 bits per heavy atom. The van der Waals surface area contributed by atoms with Crippen molar-refractivity contribution in [2.75, 3.05) is 5.32 Å². The number of anilines is 1. The summed E-state index contributed by atoms with van der Waals surface area (Å²) in [5.41, 5.74) is -0.869. The number of sulfone groups is 1. The van der Waals surface area contributed by atoms with Crippen LogP contribution in [-0.4, -0.2) is 8.42 Å². The van der Waals surface area contributed by atoms with Gasteiger partial charge in [-0.1, -0.05) is 24.3 Å². The molecule has 0 atom stereocenters. The number of nitrogens with one attached hydrogen (secondary N) is 1. The van der Waals surface area contributed by atoms with Crippen molar-refractivity contribution in [2.24, 2.45) is 0 Å². The van der Waals surface area contributed by atoms with Crippen molar-refractivity contribution in [3.63, 3.8) is 0 Å². The molecule has 0 saturated heterocycles. The van der Waals surface area contributed by atoms with E-state index in [1.165, 1.54) is 36.4 Å². The molecule has 0 aliphatic heterocycles. The molecule has 4 nitrogen and oxygen atoms in total. The highest BCUT2D eigenvalue weighted by Crippen LogP contribution is 2.30. The third-order valence-electron chi connectivity index (χ3n) is 3.01. The maximum atomic E-state index is 12.7. The minimum Gasteiger partial charge on any atom is -0.360 e. The molecule has 0 amide bonds. The monoisotopic (exact) mass is 352 g/mol. The number of hydrogen-bond acceptors (Lipinski definition) is 4. The third kappa shape index (κ3) is 3.94. The van der Waals surface area contributed by atoms with Crippen LogP contribution in [0.15, 0.2) is 70.6 Å². The number of allylic oxidation sites excluding steroid dienone is 1. The fraction of sp³-hybridized carbons (Fsp3) is 0.0625. The van der Waals surface area contributed by atoms with E-state index < -0.39 is 26.5 Å². The van der Waals surface area contributed by atoms with Crippen LogP contribution in [0.25, 0.3) is 0 Å². The minimum atomic E-state index is -4.52. The summed E-state index contributed by atoms with van der Waals surface area (Å²) >= 11 is 0. The van der Waals surface area contributed by atoms with Gasteiger partial charge < -0.3 is 5.32 Å². The first-order valence-electron chi connectivity index (χ1n) is 6.59. The van der Waals surface area contributed by atoms with Gasteiger partial charge in [-0.3, -0.25) is 0 Å². The predicted molar refractivity (Wildman–Crippen MR) is 82.4 cm³/mol. The van der Waals surface area contributed by atoms with Gasteiger partial charge in [0.05, 0.1) is 10.5 Å². The summed E-state index contributed by atoms with van der Waals surface area (Å²) in [7, 11) is -4.04. The van der Waals surface area contributed by atoms with Gasteiger partial charge in [0.15, 0.2) is 4.91 Å². The highest BCUT2D eigenvalue weighted by molar-refractivity contribution is 7.95. The van der Waals surface area contributed by atoms with E-state index in [4.69, 9.17) is 5.26 Å². The molecule has 2 aromatic carbocycles. The van der Waals surface area contributed by atoms with Gasteiger partial charge in [0.2, 0.25) is 9.84 Å². The Hall–Kier alpha value is -2.79. The van der Waals surface area contributed by atoms with Crippen molar-refractivity contribution in [2.45, 2.75) is 11.1 Å². The topological polar surface area (TPSA) is 70.0 Å². The summed E-state index contributed by atoms with van der Waals surface area (Å²) in [5.74, 6) is 0. The Morgan fingerprint density at radius 3 is 2.33 bits per heavy atom. The van der Waals surface area contributed by atoms with Gasteiger partial charge in [0.1, 0.15) is 6.07 Å². The zero-order valence-electron chi connectivity index (χ0n) is 12.1. The first-order valence-corrected chi connectivity index (χ1v) is 8.07. The third-order valence-corrected chi connectivity index (χ3v) is 4.69. The van der Waals surface area contributed by atoms with Gasteiger partial charge in [-0.15, -0.1) is 0 Å². The molecule has 0 unspecified atom stereocenters. The Morgan fingerprint density at radius 1 is 1.08 bits per heavy atom. The minimum absolute atomic E-state index is 0.0147. The Kier molecular flexibility index (Phi) is 4.95. The molecule has 24 heavy (non-hydrogen) atoms. The SMILES string of the molecule is N#C/C(=C\Nc1cccc(C(F)(F)F)c1)S(=O)(=O)c1ccccc1. The van der Waals surface area contributed by atoms with E-state index in [1.807, 2.05) is 0 Å². The molecule has 1 N–H and O–H groups in total. The van der Waals surface area contributed by atoms with Crippen LogP contribution >= 0.6 is 0 Å². The van der Waals surface area contributed by atoms with Gasteiger partial charge >= 0.3 is 6.18 Å². The summed E-state index contributed by atoms with van der Waals surface area (Å²) in [4.78, 5) is -0.685. The van der Waals surface area contributed by atoms with E-state index in [9.17, 15) is 21.6 Å². The summed E-state index contributed by atoms with van der Waals surface area (Å²) in [6.07, 6.45) is -3.65. The molecule has 0 bridgehead atoms. The highest BCUT2D eigenvalue weighted by atomic mass is 32.2. The van der Waals surface area contributed by atoms with Crippen LogP contribution in [0, 0.1) is 11.3 Å². The number of rotatable bonds is 4. The molecule has 2 aromatic rings. The maximum absolute atomic E-state index is 12.7. The van der Waals surface area contributed by atoms with Gasteiger partial charge in [-0.05, 0) is 30.3 Å². The van der Waals surface area contributed by atoms with Crippen molar-refractivity contribution in [1.29, 1.82) is 5.26 Å². The molecule has 0 aliphatic rings. The lowest BCUT2D eigenvalue weighted by atomic mass is 10.2. The zero-order valence-corrected chi connectivity index (χ0v) is 12.9. The standard InChI is InChI=1S/C16H11F3N2O2S/c17-16(18,19)12-5-4-6-13(9-12)21-11-15(10-20)24(22,23)14-7-2-1-3-8-14/h1-9,11,21H/b15-11+. The highest BCUT2D eigenvalue weighted by Gasteiger charge is 2.30. The average molecular weight is 352 g/mol. The van der Waals surface area contributed by atoms with Gasteiger partial charge in [0.25, 0.3) is 0 Å². The molecule has 0 aliphatic carbocycles. The normalized spacial score (nSPS) is 12.5. The summed E-state index contributed by atoms with van der Waals surface area (Å²) in [6, 6.07) is 13.0. The average Bonchev–Trinajstić information content (AvgIpc) is 2.55. The van der Waals surface area contributed by atoms with E-state index in [1.54, 1.807) is 12.1 Å². The summed E-state index contributed by atoms with van der Waals surface area (Å²) < 4.78 is 62.6. The number of benzene rings is 2. The Labute approximate surface area is 136 Å². The molecule has 8 heteroatoms. The second kappa shape index (κ2) is 6.76. The Bertz CT molecular complexity index is 899. The fourth-order valence-electron chi connectivity index (χ4n) is 1.83. The van der Waals surface area contributed by atoms with Crippen molar-refractivity contribution in [3.05, 3.63) is 71.3 Å². The van der Waals surface area contributed by atoms with Crippen LogP contribution in [-0.2, 0) is 16.0 Å². The summed E-state index contributed by atoms with van der Waals surface area (Å²) in [6.45, 7) is 0. The number of nitrogens with zero attached hydrogens (tertiary/aromatic N) is 1. The van der Waals surface area contributed by atoms with E-state index in [2.05, 4.69) is 5.32 Å². The lowest BCUT2D eigenvalue weighted by Crippen LogP contribution is -2.07. The van der Waals surface area contributed by atoms with Crippen LogP contribution in [0.1, 0.15) is 5.56 Å². The molecule has 0 aromatic heterocycles. The first kappa shape index (κ1) is 17.6. The van der Waals surface area contributed by atoms with Crippen molar-refractivity contribution < 1.29 is 21.6 Å². The van der Waals surface area contributed by atoms with Crippen molar-refractivity contribution in [1.82, 2.24) is 0 Å². The molecular weight excluding hydrogens is 341 g/mol. The van der Waals surface area contributed by atoms with Gasteiger partial charge in [0, 0.05) is 11.9 Å². The second-order valence-electron chi connectivity index (χ2n) is 4.66. The molecule has 0 fully saturated rings. The van der Waals surface area contributed by atoms with Crippen LogP contribution in [0.2, 0.25) is 0 Å². The molecule has 124 valence electrons. The van der Waals surface area contributed by atoms with Gasteiger partial charge in [-0.25, -0.2) is 8.42 Å². The lowest BCUT2D eigenvalue weighted by Gasteiger charge is -2.09. The number of hydrogen-bond donors (Lipinski definition) is 1. The van der Waals surface area contributed by atoms with Gasteiger partial charge in [-0.2, -0.15) is 18.4 Å². The number of halogens is 3. The first-order chi connectivity index (χ1) is 11.2. The predicted octanol–water partition coefficient (Wildman–Crippen LogP) is 3.96. The molecular formula is C16H11F3N2O2S. The van der Waals surface area contributed by atoms with E-state index in [-0.39, 0.29) is 10.6 Å². The largest absolute Gasteiger partial charge is 0.416 e. The lowest BCUT2D eigenvalue weighted by molar-refractivity contribution is -0.137. The number of alkyl halides is 3. The maximum Gasteiger partial charge on any atom is 0.416 e. The van der Waals surface area contributed by atoms with Crippen LogP contribution in [0.3, 0.4) is 0 Å². The smallest absolute Gasteiger partial charge is 0.360 e. The van der Waals surface area contributed by atoms with E-state index in [0.29, 0.717) is 0 Å². The molecule has 0 spiro atoms. The van der Waals surface area contributed by atoms with Crippen LogP contribution in [0.4, 0.5) is 18.9 Å². The quantitative estimate of drug-likeness (QED) is 0.846. The zero-order chi connectivity index (χ0) is 17.8. The van der Waals surface area contributed by atoms with Crippen LogP contribution < -0.4 is 5.32 Å². The van der Waals surface area contributed by atoms with Crippen molar-refractivity contribution in [3.8, 4) is 6.07 Å². The second-order valence-corrected chi connectivity index (χ2v) is 6.58. The van der Waals surface area contributed by atoms with Crippen LogP contribution in [0.5, 0.6) is 0 Å². The fourth-order valence-corrected chi connectivity index (χ4v) is 2.93. The number of nitriles is 1. The molecule has 0 saturated carbocycles. The summed E-state index contributed by atoms with van der Waals surface area (Å²) in [5, 5.41) is 11.5. The van der Waals surface area contributed by atoms with Crippen molar-refractivity contribution >= 4 is 15.5 Å². The molecule has 2 rings (SSSR count). The van der Waals surface area contributed by atoms with E-state index >= 15 is 0 Å². The van der Waals surface area contributed by atoms with E-state index in [0.717, 1.165) is 18.3 Å². The Balaban J connectivity index is 2.32.